The average molecular weight is 358 g/mol. The highest BCUT2D eigenvalue weighted by Crippen LogP contribution is 2.33. The van der Waals surface area contributed by atoms with E-state index in [0.29, 0.717) is 57.1 Å². The summed E-state index contributed by atoms with van der Waals surface area (Å²) in [5, 5.41) is 0. The molecule has 2 aliphatic rings. The van der Waals surface area contributed by atoms with Gasteiger partial charge in [0.25, 0.3) is 5.91 Å². The second kappa shape index (κ2) is 6.51. The lowest BCUT2D eigenvalue weighted by atomic mass is 9.91. The minimum absolute atomic E-state index is 0.117. The average Bonchev–Trinajstić information content (AvgIpc) is 3.37. The first-order valence-electron chi connectivity index (χ1n) is 8.90. The molecule has 26 heavy (non-hydrogen) atoms. The van der Waals surface area contributed by atoms with Crippen molar-refractivity contribution in [1.82, 2.24) is 19.4 Å². The number of likely N-dealkylation sites (tertiary alicyclic amines) is 1. The van der Waals surface area contributed by atoms with Crippen molar-refractivity contribution in [3.8, 4) is 0 Å². The van der Waals surface area contributed by atoms with Gasteiger partial charge in [-0.05, 0) is 19.1 Å². The smallest absolute Gasteiger partial charge is 0.410 e. The molecule has 2 amide bonds. The predicted octanol–water partition coefficient (Wildman–Crippen LogP) is 1.97. The predicted molar refractivity (Wildman–Crippen MR) is 91.6 cm³/mol. The van der Waals surface area contributed by atoms with Crippen molar-refractivity contribution in [3.05, 3.63) is 42.4 Å². The van der Waals surface area contributed by atoms with Crippen LogP contribution < -0.4 is 0 Å². The first kappa shape index (κ1) is 16.7. The Hall–Kier alpha value is -2.77. The number of amides is 2. The molecule has 0 unspecified atom stereocenters. The number of nitrogens with zero attached hydrogens (tertiary/aromatic N) is 4. The molecule has 138 valence electrons. The number of imidazole rings is 1. The third-order valence-corrected chi connectivity index (χ3v) is 5.15. The molecule has 0 saturated carbocycles. The summed E-state index contributed by atoms with van der Waals surface area (Å²) >= 11 is 0. The molecular weight excluding hydrogens is 336 g/mol. The van der Waals surface area contributed by atoms with Gasteiger partial charge in [-0.3, -0.25) is 4.79 Å². The molecule has 2 fully saturated rings. The lowest BCUT2D eigenvalue weighted by molar-refractivity contribution is 0.00222. The normalized spacial score (nSPS) is 19.2. The van der Waals surface area contributed by atoms with Crippen LogP contribution in [0.2, 0.25) is 0 Å². The molecule has 4 rings (SSSR count). The van der Waals surface area contributed by atoms with Crippen LogP contribution in [0, 0.1) is 0 Å². The van der Waals surface area contributed by atoms with Crippen LogP contribution in [0.1, 0.15) is 36.1 Å². The van der Waals surface area contributed by atoms with E-state index >= 15 is 0 Å². The van der Waals surface area contributed by atoms with Gasteiger partial charge in [-0.1, -0.05) is 0 Å². The molecule has 2 saturated heterocycles. The number of hydrogen-bond acceptors (Lipinski definition) is 5. The number of carbonyl (C=O) groups is 2. The molecule has 2 aliphatic heterocycles. The maximum Gasteiger partial charge on any atom is 0.410 e. The summed E-state index contributed by atoms with van der Waals surface area (Å²) in [5.74, 6) is 0.936. The van der Waals surface area contributed by atoms with Gasteiger partial charge in [0.1, 0.15) is 11.4 Å². The molecule has 0 N–H and O–H groups in total. The van der Waals surface area contributed by atoms with E-state index in [1.54, 1.807) is 28.4 Å². The molecule has 1 spiro atoms. The molecule has 0 bridgehead atoms. The first-order valence-corrected chi connectivity index (χ1v) is 8.90. The number of ether oxygens (including phenoxy) is 1. The van der Waals surface area contributed by atoms with Gasteiger partial charge in [-0.2, -0.15) is 0 Å². The molecular formula is C18H22N4O4. The number of hydrogen-bond donors (Lipinski definition) is 0. The van der Waals surface area contributed by atoms with Gasteiger partial charge in [0, 0.05) is 44.9 Å². The molecule has 0 aliphatic carbocycles. The lowest BCUT2D eigenvalue weighted by Gasteiger charge is -2.37. The second-order valence-corrected chi connectivity index (χ2v) is 6.86. The Balaban J connectivity index is 1.37. The standard InChI is InChI=1S/C18H22N4O4/c1-2-21-12-18(26-17(21)24)5-8-22(9-6-18)16(23)15-4-3-14(25-15)11-20-10-7-19-13-20/h3-4,7,10,13H,2,5-6,8-9,11-12H2,1H3. The molecule has 2 aromatic rings. The summed E-state index contributed by atoms with van der Waals surface area (Å²) in [6, 6.07) is 3.53. The summed E-state index contributed by atoms with van der Waals surface area (Å²) in [7, 11) is 0. The fourth-order valence-corrected chi connectivity index (χ4v) is 3.61. The van der Waals surface area contributed by atoms with E-state index in [1.807, 2.05) is 23.8 Å². The third-order valence-electron chi connectivity index (χ3n) is 5.15. The van der Waals surface area contributed by atoms with Crippen molar-refractivity contribution in [2.75, 3.05) is 26.2 Å². The quantitative estimate of drug-likeness (QED) is 0.835. The Kier molecular flexibility index (Phi) is 4.18. The largest absolute Gasteiger partial charge is 0.454 e. The van der Waals surface area contributed by atoms with E-state index < -0.39 is 5.60 Å². The van der Waals surface area contributed by atoms with Crippen LogP contribution in [0.5, 0.6) is 0 Å². The van der Waals surface area contributed by atoms with Crippen LogP contribution in [0.25, 0.3) is 0 Å². The zero-order chi connectivity index (χ0) is 18.1. The molecule has 8 nitrogen and oxygen atoms in total. The minimum atomic E-state index is -0.445. The van der Waals surface area contributed by atoms with E-state index in [1.165, 1.54) is 0 Å². The van der Waals surface area contributed by atoms with E-state index in [4.69, 9.17) is 9.15 Å². The van der Waals surface area contributed by atoms with Crippen molar-refractivity contribution < 1.29 is 18.7 Å². The first-order chi connectivity index (χ1) is 12.6. The van der Waals surface area contributed by atoms with Gasteiger partial charge in [0.2, 0.25) is 0 Å². The van der Waals surface area contributed by atoms with Crippen LogP contribution in [0.3, 0.4) is 0 Å². The fraction of sp³-hybridized carbons (Fsp3) is 0.500. The Morgan fingerprint density at radius 3 is 2.77 bits per heavy atom. The van der Waals surface area contributed by atoms with E-state index in [9.17, 15) is 9.59 Å². The molecule has 2 aromatic heterocycles. The number of carbonyl (C=O) groups excluding carboxylic acids is 2. The van der Waals surface area contributed by atoms with Crippen LogP contribution in [-0.2, 0) is 11.3 Å². The van der Waals surface area contributed by atoms with Gasteiger partial charge in [-0.25, -0.2) is 9.78 Å². The fourth-order valence-electron chi connectivity index (χ4n) is 3.61. The molecule has 0 atom stereocenters. The van der Waals surface area contributed by atoms with Crippen LogP contribution in [-0.4, -0.2) is 63.1 Å². The van der Waals surface area contributed by atoms with Crippen molar-refractivity contribution in [2.45, 2.75) is 31.9 Å². The van der Waals surface area contributed by atoms with Gasteiger partial charge in [0.15, 0.2) is 5.76 Å². The van der Waals surface area contributed by atoms with E-state index in [-0.39, 0.29) is 12.0 Å². The van der Waals surface area contributed by atoms with Crippen molar-refractivity contribution in [2.24, 2.45) is 0 Å². The van der Waals surface area contributed by atoms with Gasteiger partial charge < -0.3 is 23.5 Å². The number of piperidine rings is 1. The van der Waals surface area contributed by atoms with Gasteiger partial charge in [0.05, 0.1) is 19.4 Å². The van der Waals surface area contributed by atoms with Crippen molar-refractivity contribution in [1.29, 1.82) is 0 Å². The second-order valence-electron chi connectivity index (χ2n) is 6.86. The highest BCUT2D eigenvalue weighted by atomic mass is 16.6. The number of aromatic nitrogens is 2. The Labute approximate surface area is 151 Å². The summed E-state index contributed by atoms with van der Waals surface area (Å²) in [6.45, 7) is 4.86. The number of furan rings is 1. The molecule has 0 aromatic carbocycles. The highest BCUT2D eigenvalue weighted by Gasteiger charge is 2.47. The maximum absolute atomic E-state index is 12.7. The minimum Gasteiger partial charge on any atom is -0.454 e. The Morgan fingerprint density at radius 2 is 2.12 bits per heavy atom. The summed E-state index contributed by atoms with van der Waals surface area (Å²) in [6.07, 6.45) is 6.32. The molecule has 8 heteroatoms. The Morgan fingerprint density at radius 1 is 1.31 bits per heavy atom. The number of rotatable bonds is 4. The van der Waals surface area contributed by atoms with Crippen LogP contribution in [0.15, 0.2) is 35.3 Å². The van der Waals surface area contributed by atoms with Gasteiger partial charge in [-0.15, -0.1) is 0 Å². The topological polar surface area (TPSA) is 80.8 Å². The SMILES string of the molecule is CCN1CC2(CCN(C(=O)c3ccc(Cn4ccnc4)o3)CC2)OC1=O. The van der Waals surface area contributed by atoms with Crippen molar-refractivity contribution in [3.63, 3.8) is 0 Å². The monoisotopic (exact) mass is 358 g/mol. The zero-order valence-corrected chi connectivity index (χ0v) is 14.8. The van der Waals surface area contributed by atoms with E-state index in [0.717, 1.165) is 0 Å². The summed E-state index contributed by atoms with van der Waals surface area (Å²) in [4.78, 5) is 32.0. The van der Waals surface area contributed by atoms with Crippen molar-refractivity contribution >= 4 is 12.0 Å². The molecule has 4 heterocycles. The maximum atomic E-state index is 12.7. The lowest BCUT2D eigenvalue weighted by Crippen LogP contribution is -2.48. The number of likely N-dealkylation sites (N-methyl/N-ethyl adjacent to an activating group) is 1. The van der Waals surface area contributed by atoms with Crippen LogP contribution in [0.4, 0.5) is 4.79 Å². The summed E-state index contributed by atoms with van der Waals surface area (Å²) in [5.41, 5.74) is -0.445. The van der Waals surface area contributed by atoms with Crippen LogP contribution >= 0.6 is 0 Å². The van der Waals surface area contributed by atoms with Gasteiger partial charge >= 0.3 is 6.09 Å². The highest BCUT2D eigenvalue weighted by molar-refractivity contribution is 5.91. The Bertz CT molecular complexity index is 790. The third kappa shape index (κ3) is 3.07. The summed E-state index contributed by atoms with van der Waals surface area (Å²) < 4.78 is 13.2. The van der Waals surface area contributed by atoms with E-state index in [2.05, 4.69) is 4.98 Å². The zero-order valence-electron chi connectivity index (χ0n) is 14.8. The molecule has 0 radical (unpaired) electrons.